The van der Waals surface area contributed by atoms with Gasteiger partial charge in [-0.2, -0.15) is 5.10 Å². The van der Waals surface area contributed by atoms with E-state index < -0.39 is 0 Å². The van der Waals surface area contributed by atoms with E-state index in [4.69, 9.17) is 4.74 Å². The van der Waals surface area contributed by atoms with Crippen LogP contribution in [0.15, 0.2) is 30.7 Å². The lowest BCUT2D eigenvalue weighted by Gasteiger charge is -2.06. The van der Waals surface area contributed by atoms with Crippen molar-refractivity contribution in [3.05, 3.63) is 36.3 Å². The number of carbonyl (C=O) groups is 1. The second-order valence-corrected chi connectivity index (χ2v) is 4.26. The Morgan fingerprint density at radius 2 is 2.22 bits per heavy atom. The Kier molecular flexibility index (Phi) is 3.41. The molecule has 0 aliphatic heterocycles. The van der Waals surface area contributed by atoms with Crippen LogP contribution in [0, 0.1) is 0 Å². The van der Waals surface area contributed by atoms with Gasteiger partial charge in [0.25, 0.3) is 0 Å². The van der Waals surface area contributed by atoms with E-state index >= 15 is 0 Å². The Hall–Kier alpha value is -2.17. The first-order chi connectivity index (χ1) is 8.58. The summed E-state index contributed by atoms with van der Waals surface area (Å²) in [7, 11) is 0. The van der Waals surface area contributed by atoms with Crippen LogP contribution in [0.25, 0.3) is 0 Å². The molecule has 2 aromatic rings. The summed E-state index contributed by atoms with van der Waals surface area (Å²) in [4.78, 5) is 15.5. The van der Waals surface area contributed by atoms with Gasteiger partial charge in [-0.3, -0.25) is 9.48 Å². The molecule has 0 bridgehead atoms. The fraction of sp³-hybridized carbons (Fsp3) is 0.308. The first-order valence-corrected chi connectivity index (χ1v) is 5.76. The summed E-state index contributed by atoms with van der Waals surface area (Å²) in [6.45, 7) is 5.54. The first kappa shape index (κ1) is 12.3. The van der Waals surface area contributed by atoms with Crippen LogP contribution in [0.4, 0.5) is 0 Å². The van der Waals surface area contributed by atoms with E-state index in [-0.39, 0.29) is 11.8 Å². The lowest BCUT2D eigenvalue weighted by Crippen LogP contribution is -2.00. The predicted octanol–water partition coefficient (Wildman–Crippen LogP) is 2.85. The van der Waals surface area contributed by atoms with Gasteiger partial charge in [-0.25, -0.2) is 4.98 Å². The molecule has 2 heterocycles. The molecule has 2 rings (SSSR count). The number of rotatable bonds is 4. The van der Waals surface area contributed by atoms with E-state index in [0.29, 0.717) is 17.2 Å². The second kappa shape index (κ2) is 5.00. The molecule has 0 aromatic carbocycles. The van der Waals surface area contributed by atoms with Crippen LogP contribution in [-0.4, -0.2) is 20.5 Å². The van der Waals surface area contributed by atoms with E-state index in [1.165, 1.54) is 6.92 Å². The maximum Gasteiger partial charge on any atom is 0.230 e. The molecule has 2 aromatic heterocycles. The Morgan fingerprint density at radius 1 is 1.44 bits per heavy atom. The summed E-state index contributed by atoms with van der Waals surface area (Å²) in [5, 5.41) is 4.17. The standard InChI is InChI=1S/C13H15N3O2/c1-9(2)16-8-11(7-15-16)18-13-12(10(3)17)5-4-6-14-13/h4-9H,1-3H3. The Labute approximate surface area is 105 Å². The molecule has 94 valence electrons. The number of ether oxygens (including phenoxy) is 1. The molecule has 0 aliphatic carbocycles. The van der Waals surface area contributed by atoms with Crippen LogP contribution in [0.1, 0.15) is 37.2 Å². The van der Waals surface area contributed by atoms with E-state index in [9.17, 15) is 4.79 Å². The number of Topliss-reactive ketones (excluding diaryl/α,β-unsaturated/α-hetero) is 1. The molecule has 0 spiro atoms. The number of pyridine rings is 1. The number of nitrogens with zero attached hydrogens (tertiary/aromatic N) is 3. The van der Waals surface area contributed by atoms with Crippen LogP contribution in [0.3, 0.4) is 0 Å². The molecule has 0 fully saturated rings. The molecular weight excluding hydrogens is 230 g/mol. The van der Waals surface area contributed by atoms with Gasteiger partial charge in [-0.15, -0.1) is 0 Å². The molecule has 0 amide bonds. The zero-order valence-corrected chi connectivity index (χ0v) is 10.6. The minimum Gasteiger partial charge on any atom is -0.435 e. The van der Waals surface area contributed by atoms with E-state index in [2.05, 4.69) is 10.1 Å². The first-order valence-electron chi connectivity index (χ1n) is 5.76. The van der Waals surface area contributed by atoms with Gasteiger partial charge in [0.2, 0.25) is 5.88 Å². The maximum atomic E-state index is 11.4. The minimum absolute atomic E-state index is 0.0747. The normalized spacial score (nSPS) is 10.7. The number of aromatic nitrogens is 3. The van der Waals surface area contributed by atoms with Gasteiger partial charge >= 0.3 is 0 Å². The lowest BCUT2D eigenvalue weighted by molar-refractivity contribution is 0.101. The Balaban J connectivity index is 2.25. The van der Waals surface area contributed by atoms with Crippen molar-refractivity contribution in [2.45, 2.75) is 26.8 Å². The highest BCUT2D eigenvalue weighted by atomic mass is 16.5. The molecule has 0 saturated heterocycles. The average molecular weight is 245 g/mol. The van der Waals surface area contributed by atoms with Crippen molar-refractivity contribution in [3.8, 4) is 11.6 Å². The highest BCUT2D eigenvalue weighted by molar-refractivity contribution is 5.96. The van der Waals surface area contributed by atoms with E-state index in [0.717, 1.165) is 0 Å². The topological polar surface area (TPSA) is 57.0 Å². The van der Waals surface area contributed by atoms with Gasteiger partial charge in [-0.1, -0.05) is 0 Å². The van der Waals surface area contributed by atoms with Crippen molar-refractivity contribution in [2.24, 2.45) is 0 Å². The van der Waals surface area contributed by atoms with Gasteiger partial charge < -0.3 is 4.74 Å². The highest BCUT2D eigenvalue weighted by Crippen LogP contribution is 2.23. The third kappa shape index (κ3) is 2.56. The van der Waals surface area contributed by atoms with Gasteiger partial charge in [0.05, 0.1) is 18.0 Å². The average Bonchev–Trinajstić information content (AvgIpc) is 2.78. The van der Waals surface area contributed by atoms with Crippen molar-refractivity contribution in [1.82, 2.24) is 14.8 Å². The summed E-state index contributed by atoms with van der Waals surface area (Å²) in [6.07, 6.45) is 4.98. The summed E-state index contributed by atoms with van der Waals surface area (Å²) < 4.78 is 7.37. The molecule has 5 nitrogen and oxygen atoms in total. The molecule has 18 heavy (non-hydrogen) atoms. The zero-order valence-electron chi connectivity index (χ0n) is 10.6. The summed E-state index contributed by atoms with van der Waals surface area (Å²) in [6, 6.07) is 3.66. The number of ketones is 1. The quantitative estimate of drug-likeness (QED) is 0.777. The van der Waals surface area contributed by atoms with E-state index in [1.54, 1.807) is 35.4 Å². The Morgan fingerprint density at radius 3 is 2.83 bits per heavy atom. The van der Waals surface area contributed by atoms with Crippen LogP contribution in [0.2, 0.25) is 0 Å². The maximum absolute atomic E-state index is 11.4. The smallest absolute Gasteiger partial charge is 0.230 e. The molecule has 5 heteroatoms. The molecule has 0 unspecified atom stereocenters. The van der Waals surface area contributed by atoms with Crippen LogP contribution in [0.5, 0.6) is 11.6 Å². The van der Waals surface area contributed by atoms with Gasteiger partial charge in [0.15, 0.2) is 11.5 Å². The predicted molar refractivity (Wildman–Crippen MR) is 66.9 cm³/mol. The molecule has 0 N–H and O–H groups in total. The SMILES string of the molecule is CC(=O)c1cccnc1Oc1cnn(C(C)C)c1. The van der Waals surface area contributed by atoms with Crippen molar-refractivity contribution in [3.63, 3.8) is 0 Å². The largest absolute Gasteiger partial charge is 0.435 e. The monoisotopic (exact) mass is 245 g/mol. The molecule has 0 aliphatic rings. The molecular formula is C13H15N3O2. The summed E-state index contributed by atoms with van der Waals surface area (Å²) >= 11 is 0. The fourth-order valence-corrected chi connectivity index (χ4v) is 1.51. The van der Waals surface area contributed by atoms with Crippen LogP contribution in [-0.2, 0) is 0 Å². The number of hydrogen-bond acceptors (Lipinski definition) is 4. The molecule has 0 radical (unpaired) electrons. The van der Waals surface area contributed by atoms with Crippen LogP contribution < -0.4 is 4.74 Å². The summed E-state index contributed by atoms with van der Waals surface area (Å²) in [5.74, 6) is 0.813. The highest BCUT2D eigenvalue weighted by Gasteiger charge is 2.11. The van der Waals surface area contributed by atoms with E-state index in [1.807, 2.05) is 13.8 Å². The third-order valence-electron chi connectivity index (χ3n) is 2.47. The fourth-order valence-electron chi connectivity index (χ4n) is 1.51. The van der Waals surface area contributed by atoms with Gasteiger partial charge in [0.1, 0.15) is 0 Å². The molecule has 0 atom stereocenters. The van der Waals surface area contributed by atoms with Crippen molar-refractivity contribution < 1.29 is 9.53 Å². The van der Waals surface area contributed by atoms with Crippen LogP contribution >= 0.6 is 0 Å². The second-order valence-electron chi connectivity index (χ2n) is 4.26. The van der Waals surface area contributed by atoms with Gasteiger partial charge in [-0.05, 0) is 32.9 Å². The summed E-state index contributed by atoms with van der Waals surface area (Å²) in [5.41, 5.74) is 0.467. The third-order valence-corrected chi connectivity index (χ3v) is 2.47. The minimum atomic E-state index is -0.0747. The number of carbonyl (C=O) groups excluding carboxylic acids is 1. The zero-order chi connectivity index (χ0) is 13.1. The molecule has 0 saturated carbocycles. The van der Waals surface area contributed by atoms with Gasteiger partial charge in [0, 0.05) is 12.2 Å². The number of hydrogen-bond donors (Lipinski definition) is 0. The van der Waals surface area contributed by atoms with Crippen molar-refractivity contribution in [2.75, 3.05) is 0 Å². The van der Waals surface area contributed by atoms with Crippen molar-refractivity contribution in [1.29, 1.82) is 0 Å². The lowest BCUT2D eigenvalue weighted by atomic mass is 10.2. The Bertz CT molecular complexity index is 561. The van der Waals surface area contributed by atoms with Crippen molar-refractivity contribution >= 4 is 5.78 Å².